The lowest BCUT2D eigenvalue weighted by Gasteiger charge is -2.27. The van der Waals surface area contributed by atoms with Gasteiger partial charge in [-0.05, 0) is 24.0 Å². The summed E-state index contributed by atoms with van der Waals surface area (Å²) in [6, 6.07) is 10.3. The third-order valence-electron chi connectivity index (χ3n) is 4.55. The molecule has 84 valence electrons. The Hall–Kier alpha value is -1.31. The third kappa shape index (κ3) is 0.998. The maximum absolute atomic E-state index is 12.1. The number of carbonyl (C=O) groups is 1. The molecule has 16 heavy (non-hydrogen) atoms. The van der Waals surface area contributed by atoms with Crippen LogP contribution in [0.15, 0.2) is 30.3 Å². The molecule has 2 heteroatoms. The minimum atomic E-state index is -0.165. The second-order valence-electron chi connectivity index (χ2n) is 5.06. The minimum absolute atomic E-state index is 0.165. The number of benzene rings is 1. The molecule has 3 rings (SSSR count). The zero-order valence-corrected chi connectivity index (χ0v) is 9.81. The SMILES string of the molecule is CC1C(C)C12C(=O)CCN2c1ccccc1. The molecular formula is C14H17NO. The van der Waals surface area contributed by atoms with Crippen LogP contribution in [0, 0.1) is 11.8 Å². The molecule has 2 nitrogen and oxygen atoms in total. The number of Topliss-reactive ketones (excluding diaryl/α,β-unsaturated/α-hetero) is 1. The van der Waals surface area contributed by atoms with Crippen LogP contribution in [-0.4, -0.2) is 17.9 Å². The van der Waals surface area contributed by atoms with Crippen molar-refractivity contribution in [1.82, 2.24) is 0 Å². The highest BCUT2D eigenvalue weighted by molar-refractivity contribution is 5.99. The van der Waals surface area contributed by atoms with Gasteiger partial charge in [0.25, 0.3) is 0 Å². The van der Waals surface area contributed by atoms with Crippen LogP contribution in [0.1, 0.15) is 20.3 Å². The van der Waals surface area contributed by atoms with Crippen LogP contribution < -0.4 is 4.90 Å². The lowest BCUT2D eigenvalue weighted by atomic mass is 10.1. The summed E-state index contributed by atoms with van der Waals surface area (Å²) in [5.41, 5.74) is 1.03. The highest BCUT2D eigenvalue weighted by atomic mass is 16.1. The number of ketones is 1. The molecule has 1 heterocycles. The molecule has 1 saturated heterocycles. The van der Waals surface area contributed by atoms with Crippen LogP contribution in [0.5, 0.6) is 0 Å². The molecule has 0 amide bonds. The first kappa shape index (κ1) is 9.88. The summed E-state index contributed by atoms with van der Waals surface area (Å²) in [5.74, 6) is 1.45. The Labute approximate surface area is 96.3 Å². The number of para-hydroxylation sites is 1. The number of hydrogen-bond donors (Lipinski definition) is 0. The Morgan fingerprint density at radius 1 is 1.19 bits per heavy atom. The van der Waals surface area contributed by atoms with Crippen molar-refractivity contribution >= 4 is 11.5 Å². The maximum Gasteiger partial charge on any atom is 0.160 e. The van der Waals surface area contributed by atoms with E-state index in [0.717, 1.165) is 6.54 Å². The van der Waals surface area contributed by atoms with Crippen LogP contribution in [0.25, 0.3) is 0 Å². The van der Waals surface area contributed by atoms with E-state index in [0.29, 0.717) is 24.0 Å². The van der Waals surface area contributed by atoms with E-state index in [9.17, 15) is 4.79 Å². The standard InChI is InChI=1S/C14H17NO/c1-10-11(2)14(10)13(16)8-9-15(14)12-6-4-3-5-7-12/h3-7,10-11H,8-9H2,1-2H3. The van der Waals surface area contributed by atoms with Gasteiger partial charge in [-0.25, -0.2) is 0 Å². The van der Waals surface area contributed by atoms with Gasteiger partial charge >= 0.3 is 0 Å². The molecule has 0 aromatic heterocycles. The average Bonchev–Trinajstić information content (AvgIpc) is 2.72. The van der Waals surface area contributed by atoms with Crippen molar-refractivity contribution < 1.29 is 4.79 Å². The van der Waals surface area contributed by atoms with Gasteiger partial charge in [0.2, 0.25) is 0 Å². The second-order valence-corrected chi connectivity index (χ2v) is 5.06. The molecule has 0 bridgehead atoms. The molecule has 1 saturated carbocycles. The lowest BCUT2D eigenvalue weighted by Crippen LogP contribution is -2.38. The van der Waals surface area contributed by atoms with E-state index in [2.05, 4.69) is 30.9 Å². The van der Waals surface area contributed by atoms with Crippen LogP contribution >= 0.6 is 0 Å². The van der Waals surface area contributed by atoms with E-state index >= 15 is 0 Å². The van der Waals surface area contributed by atoms with Gasteiger partial charge in [-0.2, -0.15) is 0 Å². The van der Waals surface area contributed by atoms with Crippen LogP contribution in [-0.2, 0) is 4.79 Å². The molecule has 0 N–H and O–H groups in total. The fourth-order valence-corrected chi connectivity index (χ4v) is 3.45. The summed E-state index contributed by atoms with van der Waals surface area (Å²) in [6.07, 6.45) is 0.712. The van der Waals surface area contributed by atoms with Crippen molar-refractivity contribution in [1.29, 1.82) is 0 Å². The van der Waals surface area contributed by atoms with Crippen molar-refractivity contribution in [2.75, 3.05) is 11.4 Å². The highest BCUT2D eigenvalue weighted by Crippen LogP contribution is 2.58. The summed E-state index contributed by atoms with van der Waals surface area (Å²) in [5, 5.41) is 0. The number of nitrogens with zero attached hydrogens (tertiary/aromatic N) is 1. The van der Waals surface area contributed by atoms with E-state index in [1.54, 1.807) is 0 Å². The Bertz CT molecular complexity index is 418. The second kappa shape index (κ2) is 3.09. The van der Waals surface area contributed by atoms with Crippen molar-refractivity contribution in [2.45, 2.75) is 25.8 Å². The molecule has 1 aromatic rings. The van der Waals surface area contributed by atoms with E-state index in [-0.39, 0.29) is 5.54 Å². The number of anilines is 1. The Morgan fingerprint density at radius 3 is 2.38 bits per heavy atom. The van der Waals surface area contributed by atoms with Crippen molar-refractivity contribution in [3.63, 3.8) is 0 Å². The monoisotopic (exact) mass is 215 g/mol. The molecule has 1 aromatic carbocycles. The zero-order chi connectivity index (χ0) is 11.3. The van der Waals surface area contributed by atoms with Crippen molar-refractivity contribution in [2.24, 2.45) is 11.8 Å². The van der Waals surface area contributed by atoms with Gasteiger partial charge in [-0.3, -0.25) is 4.79 Å². The fourth-order valence-electron chi connectivity index (χ4n) is 3.45. The van der Waals surface area contributed by atoms with Gasteiger partial charge in [0.05, 0.1) is 0 Å². The topological polar surface area (TPSA) is 20.3 Å². The first-order chi connectivity index (χ1) is 7.69. The van der Waals surface area contributed by atoms with Gasteiger partial charge < -0.3 is 4.90 Å². The normalized spacial score (nSPS) is 37.1. The van der Waals surface area contributed by atoms with Crippen LogP contribution in [0.3, 0.4) is 0 Å². The van der Waals surface area contributed by atoms with Crippen LogP contribution in [0.4, 0.5) is 5.69 Å². The van der Waals surface area contributed by atoms with Crippen molar-refractivity contribution in [3.8, 4) is 0 Å². The quantitative estimate of drug-likeness (QED) is 0.717. The molecule has 1 aliphatic heterocycles. The first-order valence-corrected chi connectivity index (χ1v) is 6.05. The van der Waals surface area contributed by atoms with E-state index < -0.39 is 0 Å². The molecule has 2 fully saturated rings. The fraction of sp³-hybridized carbons (Fsp3) is 0.500. The van der Waals surface area contributed by atoms with Gasteiger partial charge in [0.1, 0.15) is 5.54 Å². The molecule has 1 spiro atoms. The maximum atomic E-state index is 12.1. The van der Waals surface area contributed by atoms with Gasteiger partial charge in [0, 0.05) is 18.7 Å². The molecular weight excluding hydrogens is 198 g/mol. The summed E-state index contributed by atoms with van der Waals surface area (Å²) in [4.78, 5) is 14.4. The smallest absolute Gasteiger partial charge is 0.160 e. The zero-order valence-electron chi connectivity index (χ0n) is 9.81. The first-order valence-electron chi connectivity index (χ1n) is 6.05. The van der Waals surface area contributed by atoms with E-state index in [4.69, 9.17) is 0 Å². The van der Waals surface area contributed by atoms with Gasteiger partial charge in [-0.15, -0.1) is 0 Å². The molecule has 2 aliphatic rings. The lowest BCUT2D eigenvalue weighted by molar-refractivity contribution is -0.119. The highest BCUT2D eigenvalue weighted by Gasteiger charge is 2.69. The van der Waals surface area contributed by atoms with Crippen LogP contribution in [0.2, 0.25) is 0 Å². The predicted molar refractivity (Wildman–Crippen MR) is 64.5 cm³/mol. The summed E-state index contributed by atoms with van der Waals surface area (Å²) < 4.78 is 0. The molecule has 0 radical (unpaired) electrons. The van der Waals surface area contributed by atoms with Gasteiger partial charge in [-0.1, -0.05) is 32.0 Å². The summed E-state index contributed by atoms with van der Waals surface area (Å²) in [7, 11) is 0. The molecule has 2 atom stereocenters. The minimum Gasteiger partial charge on any atom is -0.358 e. The summed E-state index contributed by atoms with van der Waals surface area (Å²) >= 11 is 0. The Kier molecular flexibility index (Phi) is 1.91. The van der Waals surface area contributed by atoms with E-state index in [1.165, 1.54) is 5.69 Å². The van der Waals surface area contributed by atoms with Gasteiger partial charge in [0.15, 0.2) is 5.78 Å². The summed E-state index contributed by atoms with van der Waals surface area (Å²) in [6.45, 7) is 5.28. The Balaban J connectivity index is 2.01. The van der Waals surface area contributed by atoms with Crippen molar-refractivity contribution in [3.05, 3.63) is 30.3 Å². The van der Waals surface area contributed by atoms with E-state index in [1.807, 2.05) is 18.2 Å². The third-order valence-corrected chi connectivity index (χ3v) is 4.55. The largest absolute Gasteiger partial charge is 0.358 e. The number of hydrogen-bond acceptors (Lipinski definition) is 2. The Morgan fingerprint density at radius 2 is 1.81 bits per heavy atom. The molecule has 1 aliphatic carbocycles. The average molecular weight is 215 g/mol. The number of rotatable bonds is 1. The molecule has 2 unspecified atom stereocenters. The number of carbonyl (C=O) groups excluding carboxylic acids is 1. The predicted octanol–water partition coefficient (Wildman–Crippen LogP) is 2.49.